The summed E-state index contributed by atoms with van der Waals surface area (Å²) >= 11 is 0.975. The van der Waals surface area contributed by atoms with Gasteiger partial charge < -0.3 is 5.11 Å². The van der Waals surface area contributed by atoms with Crippen molar-refractivity contribution in [3.8, 4) is 0 Å². The fraction of sp³-hybridized carbons (Fsp3) is 0.556. The second kappa shape index (κ2) is 4.76. The minimum atomic E-state index is -4.61. The zero-order chi connectivity index (χ0) is 14.2. The number of rotatable bonds is 4. The number of halogens is 3. The summed E-state index contributed by atoms with van der Waals surface area (Å²) in [7, 11) is 0. The number of hydrogen-bond acceptors (Lipinski definition) is 5. The highest BCUT2D eigenvalue weighted by molar-refractivity contribution is 7.16. The first-order valence-electron chi connectivity index (χ1n) is 5.27. The van der Waals surface area contributed by atoms with Crippen LogP contribution in [0.3, 0.4) is 0 Å². The van der Waals surface area contributed by atoms with Crippen molar-refractivity contribution >= 4 is 22.3 Å². The Morgan fingerprint density at radius 2 is 2.16 bits per heavy atom. The van der Waals surface area contributed by atoms with Crippen LogP contribution >= 0.6 is 11.3 Å². The van der Waals surface area contributed by atoms with Gasteiger partial charge in [0.15, 0.2) is 0 Å². The Morgan fingerprint density at radius 1 is 1.47 bits per heavy atom. The van der Waals surface area contributed by atoms with Gasteiger partial charge in [-0.15, -0.1) is 10.2 Å². The highest BCUT2D eigenvalue weighted by Gasteiger charge is 2.38. The van der Waals surface area contributed by atoms with E-state index in [1.165, 1.54) is 0 Å². The van der Waals surface area contributed by atoms with Crippen LogP contribution in [-0.4, -0.2) is 30.9 Å². The Balaban J connectivity index is 2.23. The third-order valence-electron chi connectivity index (χ3n) is 2.33. The van der Waals surface area contributed by atoms with Crippen LogP contribution in [0.1, 0.15) is 24.2 Å². The van der Waals surface area contributed by atoms with Crippen molar-refractivity contribution < 1.29 is 23.1 Å². The molecule has 1 atom stereocenters. The van der Waals surface area contributed by atoms with Gasteiger partial charge >= 0.3 is 12.1 Å². The van der Waals surface area contributed by atoms with Gasteiger partial charge in [-0.3, -0.25) is 4.79 Å². The summed E-state index contributed by atoms with van der Waals surface area (Å²) in [5.74, 6) is -2.34. The van der Waals surface area contributed by atoms with Crippen LogP contribution in [-0.2, 0) is 17.4 Å². The maximum atomic E-state index is 12.6. The molecule has 0 fully saturated rings. The standard InChI is InChI=1S/C9H9F3N4O2S/c1-4(3-6(17)18)2-5-15-16-7(9(10,11)12)13-14-8(16)19-5/h4H,2-3H2,1H3,(H,17,18). The molecular formula is C9H9F3N4O2S. The van der Waals surface area contributed by atoms with E-state index in [0.29, 0.717) is 9.52 Å². The van der Waals surface area contributed by atoms with E-state index in [4.69, 9.17) is 5.11 Å². The predicted molar refractivity (Wildman–Crippen MR) is 58.8 cm³/mol. The molecule has 19 heavy (non-hydrogen) atoms. The van der Waals surface area contributed by atoms with Gasteiger partial charge in [-0.25, -0.2) is 0 Å². The van der Waals surface area contributed by atoms with E-state index in [-0.39, 0.29) is 23.7 Å². The molecule has 0 aliphatic heterocycles. The molecule has 0 aromatic carbocycles. The molecule has 0 radical (unpaired) electrons. The quantitative estimate of drug-likeness (QED) is 0.931. The van der Waals surface area contributed by atoms with E-state index in [1.54, 1.807) is 6.92 Å². The molecule has 10 heteroatoms. The molecule has 2 heterocycles. The summed E-state index contributed by atoms with van der Waals surface area (Å²) in [5.41, 5.74) is 0. The second-order valence-corrected chi connectivity index (χ2v) is 5.16. The summed E-state index contributed by atoms with van der Waals surface area (Å²) in [6.45, 7) is 1.70. The average Bonchev–Trinajstić information content (AvgIpc) is 2.72. The fourth-order valence-electron chi connectivity index (χ4n) is 1.58. The Hall–Kier alpha value is -1.71. The molecule has 0 saturated carbocycles. The van der Waals surface area contributed by atoms with Crippen molar-refractivity contribution in [2.75, 3.05) is 0 Å². The normalized spacial score (nSPS) is 13.9. The largest absolute Gasteiger partial charge is 0.481 e. The van der Waals surface area contributed by atoms with Gasteiger partial charge in [0.2, 0.25) is 4.96 Å². The number of alkyl halides is 3. The SMILES string of the molecule is CC(CC(=O)O)Cc1nn2c(C(F)(F)F)nnc2s1. The first-order valence-corrected chi connectivity index (χ1v) is 6.09. The van der Waals surface area contributed by atoms with Crippen molar-refractivity contribution in [2.45, 2.75) is 25.9 Å². The van der Waals surface area contributed by atoms with Gasteiger partial charge in [0, 0.05) is 12.8 Å². The minimum Gasteiger partial charge on any atom is -0.481 e. The van der Waals surface area contributed by atoms with Crippen molar-refractivity contribution in [3.05, 3.63) is 10.8 Å². The zero-order valence-electron chi connectivity index (χ0n) is 9.68. The van der Waals surface area contributed by atoms with Crippen LogP contribution in [0.2, 0.25) is 0 Å². The number of hydrogen-bond donors (Lipinski definition) is 1. The van der Waals surface area contributed by atoms with Crippen LogP contribution in [0, 0.1) is 5.92 Å². The van der Waals surface area contributed by atoms with Gasteiger partial charge in [0.05, 0.1) is 0 Å². The molecule has 2 aromatic heterocycles. The number of carboxylic acids is 1. The van der Waals surface area contributed by atoms with E-state index < -0.39 is 18.0 Å². The number of aromatic nitrogens is 4. The molecule has 6 nitrogen and oxygen atoms in total. The van der Waals surface area contributed by atoms with E-state index in [0.717, 1.165) is 11.3 Å². The van der Waals surface area contributed by atoms with E-state index in [2.05, 4.69) is 15.3 Å². The maximum Gasteiger partial charge on any atom is 0.453 e. The lowest BCUT2D eigenvalue weighted by Crippen LogP contribution is -2.12. The molecular weight excluding hydrogens is 285 g/mol. The third-order valence-corrected chi connectivity index (χ3v) is 3.25. The van der Waals surface area contributed by atoms with Crippen molar-refractivity contribution in [1.29, 1.82) is 0 Å². The predicted octanol–water partition coefficient (Wildman–Crippen LogP) is 1.86. The molecule has 104 valence electrons. The monoisotopic (exact) mass is 294 g/mol. The summed E-state index contributed by atoms with van der Waals surface area (Å²) < 4.78 is 38.3. The maximum absolute atomic E-state index is 12.6. The van der Waals surface area contributed by atoms with E-state index in [1.807, 2.05) is 0 Å². The third kappa shape index (κ3) is 3.00. The van der Waals surface area contributed by atoms with Crippen LogP contribution in [0.25, 0.3) is 4.96 Å². The summed E-state index contributed by atoms with van der Waals surface area (Å²) in [6, 6.07) is 0. The fourth-order valence-corrected chi connectivity index (χ4v) is 2.58. The smallest absolute Gasteiger partial charge is 0.453 e. The number of carbonyl (C=O) groups is 1. The Labute approximate surface area is 108 Å². The number of nitrogens with zero attached hydrogens (tertiary/aromatic N) is 4. The Bertz CT molecular complexity index is 606. The average molecular weight is 294 g/mol. The van der Waals surface area contributed by atoms with Gasteiger partial charge in [-0.1, -0.05) is 18.3 Å². The van der Waals surface area contributed by atoms with Crippen LogP contribution in [0.4, 0.5) is 13.2 Å². The summed E-state index contributed by atoms with van der Waals surface area (Å²) in [6.07, 6.45) is -4.39. The minimum absolute atomic E-state index is 0.0462. The molecule has 0 bridgehead atoms. The number of fused-ring (bicyclic) bond motifs is 1. The molecule has 0 spiro atoms. The van der Waals surface area contributed by atoms with Crippen molar-refractivity contribution in [2.24, 2.45) is 5.92 Å². The van der Waals surface area contributed by atoms with Gasteiger partial charge in [0.1, 0.15) is 5.01 Å². The first-order chi connectivity index (χ1) is 8.77. The molecule has 0 aliphatic carbocycles. The lowest BCUT2D eigenvalue weighted by atomic mass is 10.1. The molecule has 0 saturated heterocycles. The number of carboxylic acid groups (broad SMARTS) is 1. The van der Waals surface area contributed by atoms with E-state index in [9.17, 15) is 18.0 Å². The molecule has 0 aliphatic rings. The molecule has 2 rings (SSSR count). The highest BCUT2D eigenvalue weighted by atomic mass is 32.1. The first kappa shape index (κ1) is 13.7. The molecule has 1 unspecified atom stereocenters. The topological polar surface area (TPSA) is 80.4 Å². The van der Waals surface area contributed by atoms with Gasteiger partial charge in [-0.05, 0) is 5.92 Å². The number of aliphatic carboxylic acids is 1. The van der Waals surface area contributed by atoms with Crippen molar-refractivity contribution in [3.63, 3.8) is 0 Å². The lowest BCUT2D eigenvalue weighted by Gasteiger charge is -2.04. The highest BCUT2D eigenvalue weighted by Crippen LogP contribution is 2.29. The van der Waals surface area contributed by atoms with E-state index >= 15 is 0 Å². The lowest BCUT2D eigenvalue weighted by molar-refractivity contribution is -0.146. The van der Waals surface area contributed by atoms with Crippen molar-refractivity contribution in [1.82, 2.24) is 19.8 Å². The van der Waals surface area contributed by atoms with Gasteiger partial charge in [0.25, 0.3) is 5.82 Å². The Kier molecular flexibility index (Phi) is 3.43. The summed E-state index contributed by atoms with van der Waals surface area (Å²) in [5, 5.41) is 19.3. The summed E-state index contributed by atoms with van der Waals surface area (Å²) in [4.78, 5) is 10.6. The van der Waals surface area contributed by atoms with Gasteiger partial charge in [-0.2, -0.15) is 22.8 Å². The second-order valence-electron chi connectivity index (χ2n) is 4.12. The Morgan fingerprint density at radius 3 is 2.74 bits per heavy atom. The zero-order valence-corrected chi connectivity index (χ0v) is 10.5. The van der Waals surface area contributed by atoms with Crippen LogP contribution < -0.4 is 0 Å². The molecule has 0 amide bonds. The molecule has 2 aromatic rings. The van der Waals surface area contributed by atoms with Crippen LogP contribution in [0.5, 0.6) is 0 Å². The van der Waals surface area contributed by atoms with Crippen LogP contribution in [0.15, 0.2) is 0 Å². The molecule has 1 N–H and O–H groups in total.